The van der Waals surface area contributed by atoms with E-state index >= 15 is 0 Å². The third-order valence-electron chi connectivity index (χ3n) is 6.61. The average Bonchev–Trinajstić information content (AvgIpc) is 3.16. The highest BCUT2D eigenvalue weighted by Crippen LogP contribution is 2.40. The first-order valence-corrected chi connectivity index (χ1v) is 11.1. The van der Waals surface area contributed by atoms with Crippen molar-refractivity contribution in [1.29, 1.82) is 0 Å². The number of rotatable bonds is 2. The summed E-state index contributed by atoms with van der Waals surface area (Å²) in [6.45, 7) is 6.80. The first kappa shape index (κ1) is 19.4. The van der Waals surface area contributed by atoms with Gasteiger partial charge in [-0.1, -0.05) is 40.0 Å². The van der Waals surface area contributed by atoms with E-state index in [0.29, 0.717) is 23.6 Å². The summed E-state index contributed by atoms with van der Waals surface area (Å²) in [5.74, 6) is -0.0923. The zero-order valence-electron chi connectivity index (χ0n) is 16.9. The van der Waals surface area contributed by atoms with Gasteiger partial charge in [0.15, 0.2) is 0 Å². The van der Waals surface area contributed by atoms with Gasteiger partial charge in [0.05, 0.1) is 4.88 Å². The first-order chi connectivity index (χ1) is 13.2. The van der Waals surface area contributed by atoms with E-state index in [1.807, 2.05) is 6.07 Å². The van der Waals surface area contributed by atoms with Gasteiger partial charge in [-0.25, -0.2) is 4.79 Å². The maximum absolute atomic E-state index is 12.8. The Kier molecular flexibility index (Phi) is 4.76. The Morgan fingerprint density at radius 1 is 1.25 bits per heavy atom. The molecule has 6 nitrogen and oxygen atoms in total. The number of imide groups is 1. The van der Waals surface area contributed by atoms with Gasteiger partial charge in [-0.2, -0.15) is 5.01 Å². The van der Waals surface area contributed by atoms with Gasteiger partial charge < -0.3 is 5.32 Å². The van der Waals surface area contributed by atoms with Crippen LogP contribution in [0.1, 0.15) is 79.4 Å². The molecule has 0 unspecified atom stereocenters. The van der Waals surface area contributed by atoms with Crippen LogP contribution in [0.4, 0.5) is 4.79 Å². The van der Waals surface area contributed by atoms with Gasteiger partial charge in [0.2, 0.25) is 0 Å². The molecule has 1 saturated heterocycles. The molecule has 2 heterocycles. The van der Waals surface area contributed by atoms with Crippen LogP contribution >= 0.6 is 11.3 Å². The molecule has 2 aliphatic carbocycles. The predicted octanol–water partition coefficient (Wildman–Crippen LogP) is 3.80. The number of aryl methyl sites for hydroxylation is 1. The number of hydrogen-bond donors (Lipinski definition) is 2. The second-order valence-corrected chi connectivity index (χ2v) is 10.7. The molecular weight excluding hydrogens is 374 g/mol. The number of hydrogen-bond acceptors (Lipinski definition) is 4. The second-order valence-electron chi connectivity index (χ2n) is 9.52. The fraction of sp³-hybridized carbons (Fsp3) is 0.667. The highest BCUT2D eigenvalue weighted by Gasteiger charge is 2.52. The van der Waals surface area contributed by atoms with Gasteiger partial charge in [-0.15, -0.1) is 11.3 Å². The lowest BCUT2D eigenvalue weighted by Gasteiger charge is -2.33. The molecule has 2 N–H and O–H groups in total. The minimum Gasteiger partial charge on any atom is -0.322 e. The van der Waals surface area contributed by atoms with Crippen LogP contribution in [-0.4, -0.2) is 28.4 Å². The predicted molar refractivity (Wildman–Crippen MR) is 108 cm³/mol. The van der Waals surface area contributed by atoms with Crippen molar-refractivity contribution in [2.75, 3.05) is 0 Å². The molecule has 1 saturated carbocycles. The van der Waals surface area contributed by atoms with Crippen molar-refractivity contribution in [3.05, 3.63) is 21.4 Å². The van der Waals surface area contributed by atoms with Crippen molar-refractivity contribution >= 4 is 29.2 Å². The van der Waals surface area contributed by atoms with Crippen LogP contribution in [0.5, 0.6) is 0 Å². The zero-order chi connectivity index (χ0) is 20.1. The number of nitrogens with one attached hydrogen (secondary N) is 2. The molecule has 1 aromatic rings. The summed E-state index contributed by atoms with van der Waals surface area (Å²) in [6.07, 6.45) is 7.30. The number of carbonyl (C=O) groups is 3. The largest absolute Gasteiger partial charge is 0.344 e. The van der Waals surface area contributed by atoms with Crippen LogP contribution in [0.15, 0.2) is 6.07 Å². The van der Waals surface area contributed by atoms with Gasteiger partial charge in [0, 0.05) is 4.88 Å². The number of carbonyl (C=O) groups excluding carboxylic acids is 3. The van der Waals surface area contributed by atoms with Crippen molar-refractivity contribution in [2.24, 2.45) is 11.3 Å². The van der Waals surface area contributed by atoms with Gasteiger partial charge in [0.25, 0.3) is 11.8 Å². The molecule has 0 radical (unpaired) electrons. The van der Waals surface area contributed by atoms with Gasteiger partial charge >= 0.3 is 6.03 Å². The molecule has 4 rings (SSSR count). The van der Waals surface area contributed by atoms with E-state index in [-0.39, 0.29) is 17.2 Å². The van der Waals surface area contributed by atoms with E-state index in [4.69, 9.17) is 0 Å². The number of urea groups is 1. The monoisotopic (exact) mass is 403 g/mol. The minimum absolute atomic E-state index is 0.246. The molecule has 3 aliphatic rings. The van der Waals surface area contributed by atoms with E-state index in [9.17, 15) is 14.4 Å². The molecule has 0 aromatic carbocycles. The molecule has 4 amide bonds. The third-order valence-corrected chi connectivity index (χ3v) is 7.85. The molecule has 28 heavy (non-hydrogen) atoms. The molecular formula is C21H29N3O3S. The number of amides is 4. The highest BCUT2D eigenvalue weighted by atomic mass is 32.1. The van der Waals surface area contributed by atoms with E-state index < -0.39 is 11.6 Å². The maximum atomic E-state index is 12.8. The summed E-state index contributed by atoms with van der Waals surface area (Å²) >= 11 is 1.49. The smallest absolute Gasteiger partial charge is 0.322 e. The summed E-state index contributed by atoms with van der Waals surface area (Å²) in [5.41, 5.74) is 3.22. The quantitative estimate of drug-likeness (QED) is 0.737. The van der Waals surface area contributed by atoms with Crippen LogP contribution in [0, 0.1) is 11.3 Å². The topological polar surface area (TPSA) is 78.5 Å². The van der Waals surface area contributed by atoms with Crippen molar-refractivity contribution in [3.63, 3.8) is 0 Å². The normalized spacial score (nSPS) is 24.2. The molecule has 1 aromatic heterocycles. The fourth-order valence-corrected chi connectivity index (χ4v) is 5.85. The fourth-order valence-electron chi connectivity index (χ4n) is 4.75. The summed E-state index contributed by atoms with van der Waals surface area (Å²) in [6, 6.07) is 1.43. The number of fused-ring (bicyclic) bond motifs is 1. The van der Waals surface area contributed by atoms with Crippen LogP contribution in [-0.2, 0) is 17.6 Å². The van der Waals surface area contributed by atoms with E-state index in [1.165, 1.54) is 21.8 Å². The van der Waals surface area contributed by atoms with E-state index in [1.54, 1.807) is 0 Å². The van der Waals surface area contributed by atoms with Gasteiger partial charge in [-0.05, 0) is 55.1 Å². The SMILES string of the molecule is CC(C)(C)[C@@H]1CCc2sc(C(=O)NN3C(=O)NC4(CCCCC4)C3=O)cc2C1. The summed E-state index contributed by atoms with van der Waals surface area (Å²) in [7, 11) is 0. The van der Waals surface area contributed by atoms with Crippen LogP contribution in [0.25, 0.3) is 0 Å². The molecule has 1 atom stereocenters. The molecule has 7 heteroatoms. The van der Waals surface area contributed by atoms with E-state index in [2.05, 4.69) is 31.5 Å². The number of hydrazine groups is 1. The Balaban J connectivity index is 1.47. The maximum Gasteiger partial charge on any atom is 0.344 e. The van der Waals surface area contributed by atoms with Crippen molar-refractivity contribution < 1.29 is 14.4 Å². The Labute approximate surface area is 170 Å². The molecule has 1 aliphatic heterocycles. The molecule has 1 spiro atoms. The van der Waals surface area contributed by atoms with Gasteiger partial charge in [0.1, 0.15) is 5.54 Å². The Morgan fingerprint density at radius 2 is 1.96 bits per heavy atom. The van der Waals surface area contributed by atoms with Crippen molar-refractivity contribution in [2.45, 2.75) is 77.7 Å². The van der Waals surface area contributed by atoms with Crippen molar-refractivity contribution in [3.8, 4) is 0 Å². The van der Waals surface area contributed by atoms with Crippen LogP contribution < -0.4 is 10.7 Å². The van der Waals surface area contributed by atoms with E-state index in [0.717, 1.165) is 43.5 Å². The lowest BCUT2D eigenvalue weighted by molar-refractivity contribution is -0.134. The molecule has 152 valence electrons. The highest BCUT2D eigenvalue weighted by molar-refractivity contribution is 7.14. The first-order valence-electron chi connectivity index (χ1n) is 10.3. The third kappa shape index (κ3) is 3.34. The Hall–Kier alpha value is -1.89. The standard InChI is InChI=1S/C21H29N3O3S/c1-20(2,3)14-7-8-15-13(11-14)12-16(28-15)17(25)23-24-18(26)21(22-19(24)27)9-5-4-6-10-21/h12,14H,4-11H2,1-3H3,(H,22,27)(H,23,25)/t14-/m1/s1. The second kappa shape index (κ2) is 6.87. The lowest BCUT2D eigenvalue weighted by atomic mass is 9.72. The van der Waals surface area contributed by atoms with Crippen molar-refractivity contribution in [1.82, 2.24) is 15.8 Å². The Morgan fingerprint density at radius 3 is 2.64 bits per heavy atom. The Bertz CT molecular complexity index is 817. The number of nitrogens with zero attached hydrogens (tertiary/aromatic N) is 1. The van der Waals surface area contributed by atoms with Crippen LogP contribution in [0.3, 0.4) is 0 Å². The summed E-state index contributed by atoms with van der Waals surface area (Å²) in [4.78, 5) is 39.8. The van der Waals surface area contributed by atoms with Crippen LogP contribution in [0.2, 0.25) is 0 Å². The molecule has 2 fully saturated rings. The molecule has 0 bridgehead atoms. The summed E-state index contributed by atoms with van der Waals surface area (Å²) < 4.78 is 0. The lowest BCUT2D eigenvalue weighted by Crippen LogP contribution is -2.50. The number of thiophene rings is 1. The van der Waals surface area contributed by atoms with Gasteiger partial charge in [-0.3, -0.25) is 15.0 Å². The zero-order valence-corrected chi connectivity index (χ0v) is 17.7. The average molecular weight is 404 g/mol. The minimum atomic E-state index is -0.822. The summed E-state index contributed by atoms with van der Waals surface area (Å²) in [5, 5.41) is 3.72.